The molecule has 0 amide bonds. The van der Waals surface area contributed by atoms with E-state index in [-0.39, 0.29) is 0 Å². The molecule has 0 nitrogen and oxygen atoms in total. The lowest BCUT2D eigenvalue weighted by molar-refractivity contribution is 0.399. The van der Waals surface area contributed by atoms with Crippen LogP contribution in [0.15, 0.2) is 0 Å². The van der Waals surface area contributed by atoms with Crippen LogP contribution in [0.25, 0.3) is 0 Å². The van der Waals surface area contributed by atoms with Gasteiger partial charge in [0.2, 0.25) is 0 Å². The van der Waals surface area contributed by atoms with Crippen molar-refractivity contribution in [1.82, 2.24) is 0 Å². The van der Waals surface area contributed by atoms with Crippen molar-refractivity contribution in [1.29, 1.82) is 0 Å². The summed E-state index contributed by atoms with van der Waals surface area (Å²) in [4.78, 5) is 0. The zero-order valence-corrected chi connectivity index (χ0v) is 24.8. The number of hydrogen-bond acceptors (Lipinski definition) is 0. The Kier molecular flexibility index (Phi) is 31.0. The van der Waals surface area contributed by atoms with E-state index in [4.69, 9.17) is 0 Å². The number of unbranched alkanes of at least 4 members (excludes halogenated alkanes) is 25. The number of rotatable bonds is 30. The van der Waals surface area contributed by atoms with Gasteiger partial charge in [0.15, 0.2) is 0 Å². The molecule has 0 radical (unpaired) electrons. The molecule has 0 aromatic rings. The van der Waals surface area contributed by atoms with Gasteiger partial charge in [0, 0.05) is 0 Å². The molecule has 0 saturated carbocycles. The largest absolute Gasteiger partial charge is 0.0654 e. The Labute approximate surface area is 219 Å². The van der Waals surface area contributed by atoms with Gasteiger partial charge in [-0.05, 0) is 5.92 Å². The summed E-state index contributed by atoms with van der Waals surface area (Å²) in [5, 5.41) is 0. The van der Waals surface area contributed by atoms with Gasteiger partial charge in [-0.3, -0.25) is 0 Å². The van der Waals surface area contributed by atoms with E-state index in [0.717, 1.165) is 5.92 Å². The standard InChI is InChI=1S/C34H70/c1-4-7-9-10-11-12-13-14-15-16-17-18-19-20-21-22-23-24-25-26-27-28-29-30-31-33-34(6-3)32-8-5-2/h34H,4-33H2,1-3H3. The maximum absolute atomic E-state index is 2.39. The first-order valence-electron chi connectivity index (χ1n) is 16.8. The van der Waals surface area contributed by atoms with Crippen molar-refractivity contribution in [2.24, 2.45) is 5.92 Å². The van der Waals surface area contributed by atoms with Crippen LogP contribution in [0.3, 0.4) is 0 Å². The molecule has 0 saturated heterocycles. The highest BCUT2D eigenvalue weighted by molar-refractivity contribution is 4.58. The van der Waals surface area contributed by atoms with E-state index in [9.17, 15) is 0 Å². The highest BCUT2D eigenvalue weighted by Gasteiger charge is 2.05. The normalized spacial score (nSPS) is 12.4. The molecule has 0 heteroatoms. The second-order valence-electron chi connectivity index (χ2n) is 11.7. The first-order valence-corrected chi connectivity index (χ1v) is 16.8. The van der Waals surface area contributed by atoms with Gasteiger partial charge in [-0.25, -0.2) is 0 Å². The van der Waals surface area contributed by atoms with Crippen LogP contribution in [-0.2, 0) is 0 Å². The Morgan fingerprint density at radius 1 is 0.265 bits per heavy atom. The Bertz CT molecular complexity index is 333. The Morgan fingerprint density at radius 2 is 0.500 bits per heavy atom. The summed E-state index contributed by atoms with van der Waals surface area (Å²) in [6.07, 6.45) is 44.3. The van der Waals surface area contributed by atoms with Crippen molar-refractivity contribution in [3.63, 3.8) is 0 Å². The smallest absolute Gasteiger partial charge is 0.0417 e. The zero-order chi connectivity index (χ0) is 24.8. The van der Waals surface area contributed by atoms with Crippen LogP contribution in [0.2, 0.25) is 0 Å². The summed E-state index contributed by atoms with van der Waals surface area (Å²) in [5.41, 5.74) is 0. The van der Waals surface area contributed by atoms with Crippen LogP contribution in [0.4, 0.5) is 0 Å². The van der Waals surface area contributed by atoms with Gasteiger partial charge in [0.05, 0.1) is 0 Å². The first kappa shape index (κ1) is 34.0. The molecule has 0 aliphatic carbocycles. The van der Waals surface area contributed by atoms with Gasteiger partial charge in [-0.2, -0.15) is 0 Å². The molecular weight excluding hydrogens is 408 g/mol. The third-order valence-electron chi connectivity index (χ3n) is 8.26. The summed E-state index contributed by atoms with van der Waals surface area (Å²) < 4.78 is 0. The molecular formula is C34H70. The summed E-state index contributed by atoms with van der Waals surface area (Å²) in [7, 11) is 0. The predicted octanol–water partition coefficient (Wildman–Crippen LogP) is 13.4. The van der Waals surface area contributed by atoms with E-state index in [2.05, 4.69) is 20.8 Å². The lowest BCUT2D eigenvalue weighted by Crippen LogP contribution is -1.98. The third-order valence-corrected chi connectivity index (χ3v) is 8.26. The van der Waals surface area contributed by atoms with Crippen molar-refractivity contribution >= 4 is 0 Å². The monoisotopic (exact) mass is 479 g/mol. The fourth-order valence-electron chi connectivity index (χ4n) is 5.62. The van der Waals surface area contributed by atoms with Gasteiger partial charge in [0.1, 0.15) is 0 Å². The lowest BCUT2D eigenvalue weighted by Gasteiger charge is -2.13. The van der Waals surface area contributed by atoms with Gasteiger partial charge >= 0.3 is 0 Å². The molecule has 206 valence electrons. The third kappa shape index (κ3) is 28.2. The molecule has 0 N–H and O–H groups in total. The van der Waals surface area contributed by atoms with E-state index in [0.29, 0.717) is 0 Å². The van der Waals surface area contributed by atoms with E-state index < -0.39 is 0 Å². The van der Waals surface area contributed by atoms with Crippen molar-refractivity contribution in [2.45, 2.75) is 213 Å². The molecule has 0 aliphatic rings. The quantitative estimate of drug-likeness (QED) is 0.0900. The SMILES string of the molecule is CCCCCCCCCCCCCCCCCCCCCCCCCCCC(CC)CCCC. The van der Waals surface area contributed by atoms with Gasteiger partial charge in [-0.1, -0.05) is 213 Å². The zero-order valence-electron chi connectivity index (χ0n) is 24.8. The van der Waals surface area contributed by atoms with E-state index in [1.807, 2.05) is 0 Å². The minimum absolute atomic E-state index is 1.02. The maximum Gasteiger partial charge on any atom is -0.0417 e. The highest BCUT2D eigenvalue weighted by Crippen LogP contribution is 2.21. The van der Waals surface area contributed by atoms with Gasteiger partial charge < -0.3 is 0 Å². The molecule has 0 aliphatic heterocycles. The van der Waals surface area contributed by atoms with E-state index >= 15 is 0 Å². The van der Waals surface area contributed by atoms with Crippen LogP contribution in [0, 0.1) is 5.92 Å². The van der Waals surface area contributed by atoms with Crippen molar-refractivity contribution in [3.05, 3.63) is 0 Å². The molecule has 1 atom stereocenters. The minimum atomic E-state index is 1.02. The van der Waals surface area contributed by atoms with Crippen molar-refractivity contribution in [2.75, 3.05) is 0 Å². The second-order valence-corrected chi connectivity index (χ2v) is 11.7. The summed E-state index contributed by atoms with van der Waals surface area (Å²) in [6, 6.07) is 0. The van der Waals surface area contributed by atoms with Crippen LogP contribution in [-0.4, -0.2) is 0 Å². The Morgan fingerprint density at radius 3 is 0.765 bits per heavy atom. The molecule has 0 bridgehead atoms. The summed E-state index contributed by atoms with van der Waals surface area (Å²) in [6.45, 7) is 7.02. The van der Waals surface area contributed by atoms with Crippen LogP contribution in [0.5, 0.6) is 0 Å². The molecule has 0 rings (SSSR count). The molecule has 0 spiro atoms. The van der Waals surface area contributed by atoms with E-state index in [1.54, 1.807) is 0 Å². The molecule has 0 fully saturated rings. The highest BCUT2D eigenvalue weighted by atomic mass is 14.1. The molecule has 0 heterocycles. The topological polar surface area (TPSA) is 0 Å². The average Bonchev–Trinajstić information content (AvgIpc) is 2.85. The number of hydrogen-bond donors (Lipinski definition) is 0. The molecule has 0 aromatic carbocycles. The average molecular weight is 479 g/mol. The van der Waals surface area contributed by atoms with Crippen molar-refractivity contribution < 1.29 is 0 Å². The molecule has 1 unspecified atom stereocenters. The Hall–Kier alpha value is 0. The summed E-state index contributed by atoms with van der Waals surface area (Å²) in [5.74, 6) is 1.02. The Balaban J connectivity index is 3.09. The molecule has 34 heavy (non-hydrogen) atoms. The summed E-state index contributed by atoms with van der Waals surface area (Å²) >= 11 is 0. The van der Waals surface area contributed by atoms with E-state index in [1.165, 1.54) is 193 Å². The van der Waals surface area contributed by atoms with Crippen LogP contribution in [0.1, 0.15) is 213 Å². The fraction of sp³-hybridized carbons (Fsp3) is 1.00. The maximum atomic E-state index is 2.39. The lowest BCUT2D eigenvalue weighted by atomic mass is 9.93. The van der Waals surface area contributed by atoms with Gasteiger partial charge in [-0.15, -0.1) is 0 Å². The van der Waals surface area contributed by atoms with Crippen molar-refractivity contribution in [3.8, 4) is 0 Å². The fourth-order valence-corrected chi connectivity index (χ4v) is 5.62. The molecule has 0 aromatic heterocycles. The van der Waals surface area contributed by atoms with Crippen LogP contribution >= 0.6 is 0 Å². The first-order chi connectivity index (χ1) is 16.8. The van der Waals surface area contributed by atoms with Crippen LogP contribution < -0.4 is 0 Å². The predicted molar refractivity (Wildman–Crippen MR) is 159 cm³/mol. The second kappa shape index (κ2) is 31.0. The minimum Gasteiger partial charge on any atom is -0.0654 e. The van der Waals surface area contributed by atoms with Gasteiger partial charge in [0.25, 0.3) is 0 Å².